The van der Waals surface area contributed by atoms with Gasteiger partial charge in [0, 0.05) is 22.2 Å². The Morgan fingerprint density at radius 1 is 1.24 bits per heavy atom. The molecule has 3 rings (SSSR count). The SMILES string of the molecule is CCC1OC(CI)C2C3CC(C(O)OC(C)(C)C)C(O3)C12. The molecule has 0 aliphatic carbocycles. The Labute approximate surface area is 141 Å². The third kappa shape index (κ3) is 2.89. The molecule has 2 bridgehead atoms. The number of halogens is 1. The van der Waals surface area contributed by atoms with E-state index in [4.69, 9.17) is 14.2 Å². The normalized spacial score (nSPS) is 46.9. The minimum absolute atomic E-state index is 0.0843. The molecule has 5 heteroatoms. The highest BCUT2D eigenvalue weighted by molar-refractivity contribution is 14.1. The van der Waals surface area contributed by atoms with E-state index in [1.54, 1.807) is 0 Å². The van der Waals surface area contributed by atoms with Crippen molar-refractivity contribution < 1.29 is 19.3 Å². The number of hydrogen-bond donors (Lipinski definition) is 1. The standard InChI is InChI=1S/C16H27IO4/c1-5-9-13-12(11(7-17)19-9)10-6-8(14(13)20-10)15(18)21-16(2,3)4/h8-15,18H,5-7H2,1-4H3. The van der Waals surface area contributed by atoms with Crippen LogP contribution in [-0.4, -0.2) is 45.8 Å². The molecule has 8 atom stereocenters. The molecule has 0 saturated carbocycles. The molecule has 0 aromatic carbocycles. The molecule has 0 radical (unpaired) electrons. The summed E-state index contributed by atoms with van der Waals surface area (Å²) in [5.74, 6) is 1.02. The van der Waals surface area contributed by atoms with E-state index in [0.717, 1.165) is 17.3 Å². The zero-order valence-corrected chi connectivity index (χ0v) is 15.4. The summed E-state index contributed by atoms with van der Waals surface area (Å²) in [6, 6.07) is 0. The number of fused-ring (bicyclic) bond motifs is 5. The molecule has 3 heterocycles. The van der Waals surface area contributed by atoms with Crippen LogP contribution in [-0.2, 0) is 14.2 Å². The molecule has 4 nitrogen and oxygen atoms in total. The van der Waals surface area contributed by atoms with Crippen molar-refractivity contribution in [3.63, 3.8) is 0 Å². The second-order valence-corrected chi connectivity index (χ2v) is 8.47. The van der Waals surface area contributed by atoms with Gasteiger partial charge >= 0.3 is 0 Å². The Morgan fingerprint density at radius 3 is 2.52 bits per heavy atom. The molecular formula is C16H27IO4. The van der Waals surface area contributed by atoms with Crippen LogP contribution >= 0.6 is 22.6 Å². The van der Waals surface area contributed by atoms with Gasteiger partial charge in [0.15, 0.2) is 6.29 Å². The molecule has 122 valence electrons. The molecular weight excluding hydrogens is 383 g/mol. The first-order valence-electron chi connectivity index (χ1n) is 8.08. The van der Waals surface area contributed by atoms with Crippen molar-refractivity contribution in [1.82, 2.24) is 0 Å². The number of aliphatic hydroxyl groups is 1. The topological polar surface area (TPSA) is 47.9 Å². The molecule has 21 heavy (non-hydrogen) atoms. The summed E-state index contributed by atoms with van der Waals surface area (Å²) in [6.45, 7) is 8.12. The zero-order chi connectivity index (χ0) is 15.4. The van der Waals surface area contributed by atoms with Crippen LogP contribution in [0.5, 0.6) is 0 Å². The van der Waals surface area contributed by atoms with Crippen LogP contribution in [0.4, 0.5) is 0 Å². The van der Waals surface area contributed by atoms with Gasteiger partial charge in [0.05, 0.1) is 30.0 Å². The molecule has 0 amide bonds. The van der Waals surface area contributed by atoms with E-state index in [1.165, 1.54) is 0 Å². The van der Waals surface area contributed by atoms with Crippen LogP contribution in [0.25, 0.3) is 0 Å². The smallest absolute Gasteiger partial charge is 0.160 e. The minimum Gasteiger partial charge on any atom is -0.374 e. The largest absolute Gasteiger partial charge is 0.374 e. The highest BCUT2D eigenvalue weighted by Crippen LogP contribution is 2.55. The van der Waals surface area contributed by atoms with Crippen molar-refractivity contribution in [2.45, 2.75) is 76.8 Å². The molecule has 1 N–H and O–H groups in total. The van der Waals surface area contributed by atoms with E-state index in [9.17, 15) is 5.11 Å². The molecule has 3 aliphatic rings. The summed E-state index contributed by atoms with van der Waals surface area (Å²) < 4.78 is 19.3. The maximum atomic E-state index is 10.5. The van der Waals surface area contributed by atoms with Crippen LogP contribution in [0.2, 0.25) is 0 Å². The molecule has 8 unspecified atom stereocenters. The minimum atomic E-state index is -0.739. The van der Waals surface area contributed by atoms with Gasteiger partial charge in [0.25, 0.3) is 0 Å². The van der Waals surface area contributed by atoms with Crippen molar-refractivity contribution in [1.29, 1.82) is 0 Å². The van der Waals surface area contributed by atoms with Gasteiger partial charge in [-0.05, 0) is 33.6 Å². The third-order valence-corrected chi connectivity index (χ3v) is 5.98. The summed E-state index contributed by atoms with van der Waals surface area (Å²) in [7, 11) is 0. The summed E-state index contributed by atoms with van der Waals surface area (Å²) in [5.41, 5.74) is -0.332. The predicted molar refractivity (Wildman–Crippen MR) is 88.4 cm³/mol. The Balaban J connectivity index is 1.74. The van der Waals surface area contributed by atoms with E-state index in [2.05, 4.69) is 29.5 Å². The van der Waals surface area contributed by atoms with Crippen molar-refractivity contribution in [3.8, 4) is 0 Å². The van der Waals surface area contributed by atoms with Crippen LogP contribution in [0, 0.1) is 17.8 Å². The highest BCUT2D eigenvalue weighted by atomic mass is 127. The fourth-order valence-electron chi connectivity index (χ4n) is 4.44. The van der Waals surface area contributed by atoms with Crippen molar-refractivity contribution in [2.75, 3.05) is 4.43 Å². The van der Waals surface area contributed by atoms with Crippen molar-refractivity contribution >= 4 is 22.6 Å². The van der Waals surface area contributed by atoms with Gasteiger partial charge in [0.2, 0.25) is 0 Å². The van der Waals surface area contributed by atoms with Crippen molar-refractivity contribution in [2.24, 2.45) is 17.8 Å². The Bertz CT molecular complexity index is 383. The van der Waals surface area contributed by atoms with Gasteiger partial charge in [0.1, 0.15) is 0 Å². The summed E-state index contributed by atoms with van der Waals surface area (Å²) in [6.07, 6.45) is 2.10. The lowest BCUT2D eigenvalue weighted by molar-refractivity contribution is -0.203. The number of alkyl halides is 1. The predicted octanol–water partition coefficient (Wildman–Crippen LogP) is 2.75. The molecule has 3 aliphatic heterocycles. The number of hydrogen-bond acceptors (Lipinski definition) is 4. The Hall–Kier alpha value is 0.570. The Kier molecular flexibility index (Phi) is 4.61. The van der Waals surface area contributed by atoms with E-state index in [1.807, 2.05) is 20.8 Å². The number of ether oxygens (including phenoxy) is 3. The van der Waals surface area contributed by atoms with E-state index >= 15 is 0 Å². The van der Waals surface area contributed by atoms with E-state index < -0.39 is 6.29 Å². The van der Waals surface area contributed by atoms with Crippen molar-refractivity contribution in [3.05, 3.63) is 0 Å². The average molecular weight is 410 g/mol. The average Bonchev–Trinajstić information content (AvgIpc) is 3.06. The van der Waals surface area contributed by atoms with Gasteiger partial charge in [-0.3, -0.25) is 0 Å². The molecule has 0 aromatic rings. The lowest BCUT2D eigenvalue weighted by atomic mass is 9.71. The lowest BCUT2D eigenvalue weighted by Gasteiger charge is -2.35. The van der Waals surface area contributed by atoms with Gasteiger partial charge in [-0.25, -0.2) is 0 Å². The monoisotopic (exact) mass is 410 g/mol. The molecule has 3 saturated heterocycles. The van der Waals surface area contributed by atoms with Crippen LogP contribution < -0.4 is 0 Å². The van der Waals surface area contributed by atoms with Crippen LogP contribution in [0.3, 0.4) is 0 Å². The highest BCUT2D eigenvalue weighted by Gasteiger charge is 2.63. The first kappa shape index (κ1) is 16.4. The number of aliphatic hydroxyl groups excluding tert-OH is 1. The van der Waals surface area contributed by atoms with Crippen LogP contribution in [0.15, 0.2) is 0 Å². The fourth-order valence-corrected chi connectivity index (χ4v) is 5.23. The summed E-state index contributed by atoms with van der Waals surface area (Å²) in [4.78, 5) is 0. The number of rotatable bonds is 4. The third-order valence-electron chi connectivity index (χ3n) is 5.11. The van der Waals surface area contributed by atoms with Gasteiger partial charge in [-0.1, -0.05) is 29.5 Å². The Morgan fingerprint density at radius 2 is 1.95 bits per heavy atom. The fraction of sp³-hybridized carbons (Fsp3) is 1.00. The second kappa shape index (κ2) is 5.89. The van der Waals surface area contributed by atoms with Gasteiger partial charge < -0.3 is 19.3 Å². The summed E-state index contributed by atoms with van der Waals surface area (Å²) in [5, 5.41) is 10.5. The molecule has 0 aromatic heterocycles. The second-order valence-electron chi connectivity index (χ2n) is 7.59. The first-order chi connectivity index (χ1) is 9.85. The van der Waals surface area contributed by atoms with Crippen LogP contribution in [0.1, 0.15) is 40.5 Å². The lowest BCUT2D eigenvalue weighted by Crippen LogP contribution is -2.44. The maximum absolute atomic E-state index is 10.5. The van der Waals surface area contributed by atoms with Gasteiger partial charge in [-0.2, -0.15) is 0 Å². The van der Waals surface area contributed by atoms with Gasteiger partial charge in [-0.15, -0.1) is 0 Å². The maximum Gasteiger partial charge on any atom is 0.160 e. The van der Waals surface area contributed by atoms with E-state index in [-0.39, 0.29) is 29.8 Å². The quantitative estimate of drug-likeness (QED) is 0.440. The van der Waals surface area contributed by atoms with E-state index in [0.29, 0.717) is 17.9 Å². The molecule has 0 spiro atoms. The summed E-state index contributed by atoms with van der Waals surface area (Å²) >= 11 is 2.42. The first-order valence-corrected chi connectivity index (χ1v) is 9.61. The molecule has 3 fully saturated rings. The zero-order valence-electron chi connectivity index (χ0n) is 13.3.